The molecule has 0 saturated carbocycles. The van der Waals surface area contributed by atoms with Gasteiger partial charge < -0.3 is 9.16 Å². The molecule has 24 heavy (non-hydrogen) atoms. The third-order valence-electron chi connectivity index (χ3n) is 4.20. The van der Waals surface area contributed by atoms with Crippen LogP contribution in [-0.2, 0) is 9.16 Å². The van der Waals surface area contributed by atoms with Crippen LogP contribution in [0.1, 0.15) is 33.1 Å². The molecule has 0 bridgehead atoms. The lowest BCUT2D eigenvalue weighted by atomic mass is 10.1. The molecule has 2 aromatic rings. The van der Waals surface area contributed by atoms with Crippen molar-refractivity contribution < 1.29 is 9.16 Å². The summed E-state index contributed by atoms with van der Waals surface area (Å²) < 4.78 is 12.0. The highest BCUT2D eigenvalue weighted by Crippen LogP contribution is 2.06. The van der Waals surface area contributed by atoms with E-state index in [-0.39, 0.29) is 0 Å². The van der Waals surface area contributed by atoms with Gasteiger partial charge in [-0.2, -0.15) is 0 Å². The molecule has 0 aliphatic carbocycles. The van der Waals surface area contributed by atoms with Gasteiger partial charge in [0, 0.05) is 19.8 Å². The number of ether oxygens (including phenoxy) is 1. The van der Waals surface area contributed by atoms with Crippen molar-refractivity contribution in [3.05, 3.63) is 60.7 Å². The monoisotopic (exact) mass is 341 g/mol. The molecule has 2 rings (SSSR count). The quantitative estimate of drug-likeness (QED) is 0.459. The van der Waals surface area contributed by atoms with Crippen molar-refractivity contribution in [2.75, 3.05) is 19.8 Å². The van der Waals surface area contributed by atoms with E-state index in [9.17, 15) is 0 Å². The standard InChI is InChI=1S/C21H29O2Si/c1-3-19(2)15-18-22-16-10-17-23-24(20-11-6-4-7-12-20)21-13-8-5-9-14-21/h4-9,11-14,19H,3,10,15-18H2,1-2H3. The Morgan fingerprint density at radius 2 is 1.42 bits per heavy atom. The maximum atomic E-state index is 6.28. The maximum absolute atomic E-state index is 6.28. The Morgan fingerprint density at radius 1 is 0.833 bits per heavy atom. The van der Waals surface area contributed by atoms with Gasteiger partial charge in [0.05, 0.1) is 0 Å². The zero-order valence-electron chi connectivity index (χ0n) is 14.9. The molecule has 0 aromatic heterocycles. The van der Waals surface area contributed by atoms with Gasteiger partial charge >= 0.3 is 0 Å². The van der Waals surface area contributed by atoms with Gasteiger partial charge in [0.25, 0.3) is 9.04 Å². The minimum atomic E-state index is -1.16. The van der Waals surface area contributed by atoms with Gasteiger partial charge in [-0.15, -0.1) is 0 Å². The van der Waals surface area contributed by atoms with Crippen molar-refractivity contribution in [3.8, 4) is 0 Å². The molecule has 129 valence electrons. The molecule has 2 aromatic carbocycles. The van der Waals surface area contributed by atoms with Crippen LogP contribution < -0.4 is 10.4 Å². The first kappa shape index (κ1) is 18.9. The molecular weight excluding hydrogens is 312 g/mol. The second-order valence-electron chi connectivity index (χ2n) is 6.18. The smallest absolute Gasteiger partial charge is 0.282 e. The maximum Gasteiger partial charge on any atom is 0.282 e. The summed E-state index contributed by atoms with van der Waals surface area (Å²) in [7, 11) is -1.16. The van der Waals surface area contributed by atoms with Gasteiger partial charge in [0.1, 0.15) is 0 Å². The molecule has 3 heteroatoms. The van der Waals surface area contributed by atoms with Crippen molar-refractivity contribution in [1.82, 2.24) is 0 Å². The number of benzene rings is 2. The summed E-state index contributed by atoms with van der Waals surface area (Å²) in [6, 6.07) is 21.1. The molecule has 0 N–H and O–H groups in total. The van der Waals surface area contributed by atoms with E-state index in [0.29, 0.717) is 0 Å². The number of hydrogen-bond donors (Lipinski definition) is 0. The van der Waals surface area contributed by atoms with Gasteiger partial charge in [-0.3, -0.25) is 0 Å². The molecule has 0 aliphatic heterocycles. The van der Waals surface area contributed by atoms with Crippen LogP contribution in [0.2, 0.25) is 0 Å². The van der Waals surface area contributed by atoms with E-state index >= 15 is 0 Å². The predicted molar refractivity (Wildman–Crippen MR) is 103 cm³/mol. The molecule has 1 atom stereocenters. The fourth-order valence-corrected chi connectivity index (χ4v) is 4.44. The van der Waals surface area contributed by atoms with Crippen molar-refractivity contribution in [1.29, 1.82) is 0 Å². The minimum absolute atomic E-state index is 0.751. The second-order valence-corrected chi connectivity index (χ2v) is 8.28. The summed E-state index contributed by atoms with van der Waals surface area (Å²) in [4.78, 5) is 0. The van der Waals surface area contributed by atoms with Crippen LogP contribution >= 0.6 is 0 Å². The molecule has 2 nitrogen and oxygen atoms in total. The van der Waals surface area contributed by atoms with Crippen molar-refractivity contribution in [2.24, 2.45) is 5.92 Å². The number of hydrogen-bond acceptors (Lipinski definition) is 2. The zero-order valence-corrected chi connectivity index (χ0v) is 15.9. The van der Waals surface area contributed by atoms with Gasteiger partial charge in [-0.05, 0) is 29.1 Å². The largest absolute Gasteiger partial charge is 0.407 e. The summed E-state index contributed by atoms with van der Waals surface area (Å²) >= 11 is 0. The lowest BCUT2D eigenvalue weighted by molar-refractivity contribution is 0.109. The molecular formula is C21H29O2Si. The van der Waals surface area contributed by atoms with E-state index in [1.807, 2.05) is 0 Å². The van der Waals surface area contributed by atoms with Crippen LogP contribution in [0, 0.1) is 5.92 Å². The van der Waals surface area contributed by atoms with Crippen molar-refractivity contribution in [2.45, 2.75) is 33.1 Å². The zero-order chi connectivity index (χ0) is 17.0. The molecule has 0 saturated heterocycles. The Morgan fingerprint density at radius 3 is 1.96 bits per heavy atom. The topological polar surface area (TPSA) is 18.5 Å². The van der Waals surface area contributed by atoms with E-state index in [2.05, 4.69) is 74.5 Å². The van der Waals surface area contributed by atoms with Gasteiger partial charge in [-0.25, -0.2) is 0 Å². The Labute approximate surface area is 148 Å². The average molecular weight is 342 g/mol. The third kappa shape index (κ3) is 6.60. The van der Waals surface area contributed by atoms with Gasteiger partial charge in [-0.1, -0.05) is 80.9 Å². The molecule has 0 spiro atoms. The Balaban J connectivity index is 1.78. The van der Waals surface area contributed by atoms with Crippen LogP contribution in [0.25, 0.3) is 0 Å². The van der Waals surface area contributed by atoms with Crippen LogP contribution in [0.4, 0.5) is 0 Å². The third-order valence-corrected chi connectivity index (χ3v) is 6.41. The number of rotatable bonds is 11. The molecule has 0 heterocycles. The minimum Gasteiger partial charge on any atom is -0.407 e. The lowest BCUT2D eigenvalue weighted by Gasteiger charge is -2.16. The first-order chi connectivity index (χ1) is 11.8. The molecule has 0 aliphatic rings. The van der Waals surface area contributed by atoms with Gasteiger partial charge in [0.15, 0.2) is 0 Å². The van der Waals surface area contributed by atoms with Gasteiger partial charge in [0.2, 0.25) is 0 Å². The van der Waals surface area contributed by atoms with Crippen molar-refractivity contribution in [3.63, 3.8) is 0 Å². The summed E-state index contributed by atoms with van der Waals surface area (Å²) in [5.41, 5.74) is 0. The average Bonchev–Trinajstić information content (AvgIpc) is 2.65. The Hall–Kier alpha value is -1.42. The van der Waals surface area contributed by atoms with Crippen LogP contribution in [-0.4, -0.2) is 28.9 Å². The second kappa shape index (κ2) is 11.2. The van der Waals surface area contributed by atoms with E-state index in [4.69, 9.17) is 9.16 Å². The Kier molecular flexibility index (Phi) is 8.81. The van der Waals surface area contributed by atoms with Crippen molar-refractivity contribution >= 4 is 19.4 Å². The fourth-order valence-electron chi connectivity index (χ4n) is 2.44. The molecule has 0 fully saturated rings. The normalized spacial score (nSPS) is 12.5. The summed E-state index contributed by atoms with van der Waals surface area (Å²) in [5, 5.41) is 2.60. The van der Waals surface area contributed by atoms with Crippen LogP contribution in [0.15, 0.2) is 60.7 Å². The fraction of sp³-hybridized carbons (Fsp3) is 0.429. The first-order valence-electron chi connectivity index (χ1n) is 8.99. The van der Waals surface area contributed by atoms with E-state index in [0.717, 1.165) is 38.6 Å². The van der Waals surface area contributed by atoms with Crippen LogP contribution in [0.5, 0.6) is 0 Å². The molecule has 1 unspecified atom stereocenters. The molecule has 0 amide bonds. The summed E-state index contributed by atoms with van der Waals surface area (Å²) in [5.74, 6) is 0.757. The van der Waals surface area contributed by atoms with E-state index in [1.54, 1.807) is 0 Å². The van der Waals surface area contributed by atoms with Crippen LogP contribution in [0.3, 0.4) is 0 Å². The predicted octanol–water partition coefficient (Wildman–Crippen LogP) is 3.65. The summed E-state index contributed by atoms with van der Waals surface area (Å²) in [6.07, 6.45) is 3.33. The molecule has 1 radical (unpaired) electrons. The summed E-state index contributed by atoms with van der Waals surface area (Å²) in [6.45, 7) is 6.91. The lowest BCUT2D eigenvalue weighted by Crippen LogP contribution is -2.45. The SMILES string of the molecule is CCC(C)CCOCCCO[Si](c1ccccc1)c1ccccc1. The Bertz CT molecular complexity index is 505. The first-order valence-corrected chi connectivity index (χ1v) is 10.4. The highest BCUT2D eigenvalue weighted by atomic mass is 28.3. The highest BCUT2D eigenvalue weighted by molar-refractivity contribution is 6.80. The van der Waals surface area contributed by atoms with E-state index in [1.165, 1.54) is 16.8 Å². The highest BCUT2D eigenvalue weighted by Gasteiger charge is 2.18. The van der Waals surface area contributed by atoms with E-state index < -0.39 is 9.04 Å².